The van der Waals surface area contributed by atoms with Gasteiger partial charge in [0.2, 0.25) is 0 Å². The molecule has 0 aliphatic carbocycles. The van der Waals surface area contributed by atoms with E-state index in [9.17, 15) is 4.39 Å². The Morgan fingerprint density at radius 2 is 2.08 bits per heavy atom. The van der Waals surface area contributed by atoms with Crippen LogP contribution in [0.1, 0.15) is 5.56 Å². The SMILES string of the molecule is Cn1cc(-c2cc3c(-c4ccc(CN)c(F)c4)ncnc3[nH]2)cn1. The van der Waals surface area contributed by atoms with Crippen molar-refractivity contribution in [2.75, 3.05) is 0 Å². The largest absolute Gasteiger partial charge is 0.339 e. The number of hydrogen-bond donors (Lipinski definition) is 2. The predicted octanol–water partition coefficient (Wildman–Crippen LogP) is 2.62. The van der Waals surface area contributed by atoms with Crippen LogP contribution in [0.3, 0.4) is 0 Å². The van der Waals surface area contributed by atoms with Crippen molar-refractivity contribution in [3.63, 3.8) is 0 Å². The van der Waals surface area contributed by atoms with E-state index >= 15 is 0 Å². The summed E-state index contributed by atoms with van der Waals surface area (Å²) in [5.74, 6) is -0.329. The van der Waals surface area contributed by atoms with Crippen molar-refractivity contribution in [3.8, 4) is 22.5 Å². The number of fused-ring (bicyclic) bond motifs is 1. The van der Waals surface area contributed by atoms with Gasteiger partial charge in [-0.05, 0) is 12.1 Å². The van der Waals surface area contributed by atoms with Crippen molar-refractivity contribution >= 4 is 11.0 Å². The topological polar surface area (TPSA) is 85.4 Å². The maximum atomic E-state index is 14.1. The minimum Gasteiger partial charge on any atom is -0.339 e. The van der Waals surface area contributed by atoms with Crippen LogP contribution in [0.4, 0.5) is 4.39 Å². The molecule has 24 heavy (non-hydrogen) atoms. The highest BCUT2D eigenvalue weighted by atomic mass is 19.1. The van der Waals surface area contributed by atoms with Crippen molar-refractivity contribution in [1.82, 2.24) is 24.7 Å². The summed E-state index contributed by atoms with van der Waals surface area (Å²) in [5.41, 5.74) is 9.90. The first-order chi connectivity index (χ1) is 11.7. The van der Waals surface area contributed by atoms with Gasteiger partial charge in [0.1, 0.15) is 17.8 Å². The zero-order valence-corrected chi connectivity index (χ0v) is 13.0. The number of nitrogens with zero attached hydrogens (tertiary/aromatic N) is 4. The summed E-state index contributed by atoms with van der Waals surface area (Å²) in [6.07, 6.45) is 5.15. The van der Waals surface area contributed by atoms with Crippen molar-refractivity contribution in [2.45, 2.75) is 6.54 Å². The van der Waals surface area contributed by atoms with Crippen LogP contribution < -0.4 is 5.73 Å². The molecule has 0 bridgehead atoms. The van der Waals surface area contributed by atoms with Crippen molar-refractivity contribution < 1.29 is 4.39 Å². The number of hydrogen-bond acceptors (Lipinski definition) is 4. The summed E-state index contributed by atoms with van der Waals surface area (Å²) in [7, 11) is 1.86. The summed E-state index contributed by atoms with van der Waals surface area (Å²) < 4.78 is 15.8. The standard InChI is InChI=1S/C17H15FN6/c1-24-8-12(7-22-24)15-5-13-16(20-9-21-17(13)23-15)10-2-3-11(6-19)14(18)4-10/h2-5,7-9H,6,19H2,1H3,(H,20,21,23). The molecular formula is C17H15FN6. The van der Waals surface area contributed by atoms with Gasteiger partial charge in [0.05, 0.1) is 17.6 Å². The fraction of sp³-hybridized carbons (Fsp3) is 0.118. The van der Waals surface area contributed by atoms with Crippen LogP contribution in [0.15, 0.2) is 43.0 Å². The molecule has 0 saturated carbocycles. The first-order valence-corrected chi connectivity index (χ1v) is 7.47. The van der Waals surface area contributed by atoms with Gasteiger partial charge in [-0.1, -0.05) is 12.1 Å². The number of H-pyrrole nitrogens is 1. The van der Waals surface area contributed by atoms with Gasteiger partial charge in [0, 0.05) is 41.9 Å². The molecule has 0 amide bonds. The maximum absolute atomic E-state index is 14.1. The van der Waals surface area contributed by atoms with Crippen LogP contribution in [-0.4, -0.2) is 24.7 Å². The first kappa shape index (κ1) is 14.5. The molecule has 7 heteroatoms. The second kappa shape index (κ2) is 5.54. The third-order valence-corrected chi connectivity index (χ3v) is 3.99. The Kier molecular flexibility index (Phi) is 3.35. The number of aromatic nitrogens is 5. The number of rotatable bonds is 3. The Balaban J connectivity index is 1.87. The maximum Gasteiger partial charge on any atom is 0.141 e. The van der Waals surface area contributed by atoms with Crippen LogP contribution in [0.2, 0.25) is 0 Å². The van der Waals surface area contributed by atoms with E-state index in [0.29, 0.717) is 22.5 Å². The number of aromatic amines is 1. The molecule has 4 aromatic rings. The molecule has 4 rings (SSSR count). The van der Waals surface area contributed by atoms with Crippen LogP contribution in [0, 0.1) is 5.82 Å². The molecule has 0 radical (unpaired) electrons. The molecule has 0 aliphatic rings. The average molecular weight is 322 g/mol. The van der Waals surface area contributed by atoms with Crippen molar-refractivity contribution in [3.05, 3.63) is 54.4 Å². The van der Waals surface area contributed by atoms with E-state index < -0.39 is 0 Å². The van der Waals surface area contributed by atoms with Gasteiger partial charge in [-0.3, -0.25) is 4.68 Å². The van der Waals surface area contributed by atoms with E-state index in [2.05, 4.69) is 20.1 Å². The minimum atomic E-state index is -0.329. The Morgan fingerprint density at radius 1 is 1.21 bits per heavy atom. The summed E-state index contributed by atoms with van der Waals surface area (Å²) in [4.78, 5) is 11.9. The monoisotopic (exact) mass is 322 g/mol. The molecule has 3 N–H and O–H groups in total. The van der Waals surface area contributed by atoms with E-state index in [1.54, 1.807) is 16.9 Å². The highest BCUT2D eigenvalue weighted by molar-refractivity contribution is 5.94. The molecule has 3 aromatic heterocycles. The third-order valence-electron chi connectivity index (χ3n) is 3.99. The fourth-order valence-electron chi connectivity index (χ4n) is 2.75. The lowest BCUT2D eigenvalue weighted by molar-refractivity contribution is 0.611. The number of nitrogens with two attached hydrogens (primary N) is 1. The van der Waals surface area contributed by atoms with E-state index in [1.165, 1.54) is 12.4 Å². The Morgan fingerprint density at radius 3 is 2.79 bits per heavy atom. The minimum absolute atomic E-state index is 0.167. The lowest BCUT2D eigenvalue weighted by Gasteiger charge is -2.05. The summed E-state index contributed by atoms with van der Waals surface area (Å²) in [5, 5.41) is 5.00. The molecule has 0 spiro atoms. The molecule has 0 unspecified atom stereocenters. The van der Waals surface area contributed by atoms with Gasteiger partial charge in [-0.15, -0.1) is 0 Å². The second-order valence-corrected chi connectivity index (χ2v) is 5.58. The lowest BCUT2D eigenvalue weighted by Crippen LogP contribution is -1.99. The average Bonchev–Trinajstić information content (AvgIpc) is 3.20. The zero-order valence-electron chi connectivity index (χ0n) is 13.0. The summed E-state index contributed by atoms with van der Waals surface area (Å²) in [6, 6.07) is 6.92. The quantitative estimate of drug-likeness (QED) is 0.607. The van der Waals surface area contributed by atoms with Gasteiger partial charge >= 0.3 is 0 Å². The van der Waals surface area contributed by atoms with Crippen LogP contribution in [0.5, 0.6) is 0 Å². The van der Waals surface area contributed by atoms with E-state index in [0.717, 1.165) is 16.6 Å². The normalized spacial score (nSPS) is 11.3. The van der Waals surface area contributed by atoms with Crippen LogP contribution in [-0.2, 0) is 13.6 Å². The predicted molar refractivity (Wildman–Crippen MR) is 89.4 cm³/mol. The first-order valence-electron chi connectivity index (χ1n) is 7.47. The van der Waals surface area contributed by atoms with E-state index in [1.807, 2.05) is 25.4 Å². The number of nitrogens with one attached hydrogen (secondary N) is 1. The van der Waals surface area contributed by atoms with Crippen LogP contribution >= 0.6 is 0 Å². The smallest absolute Gasteiger partial charge is 0.141 e. The van der Waals surface area contributed by atoms with Crippen LogP contribution in [0.25, 0.3) is 33.5 Å². The highest BCUT2D eigenvalue weighted by Gasteiger charge is 2.13. The van der Waals surface area contributed by atoms with Crippen molar-refractivity contribution in [1.29, 1.82) is 0 Å². The highest BCUT2D eigenvalue weighted by Crippen LogP contribution is 2.30. The summed E-state index contributed by atoms with van der Waals surface area (Å²) in [6.45, 7) is 0.167. The fourth-order valence-corrected chi connectivity index (χ4v) is 2.75. The van der Waals surface area contributed by atoms with Crippen molar-refractivity contribution in [2.24, 2.45) is 12.8 Å². The number of aryl methyl sites for hydroxylation is 1. The molecule has 0 aliphatic heterocycles. The molecule has 1 aromatic carbocycles. The molecule has 0 fully saturated rings. The van der Waals surface area contributed by atoms with E-state index in [4.69, 9.17) is 5.73 Å². The molecule has 6 nitrogen and oxygen atoms in total. The Labute approximate surface area is 137 Å². The molecule has 3 heterocycles. The van der Waals surface area contributed by atoms with Gasteiger partial charge in [0.15, 0.2) is 0 Å². The van der Waals surface area contributed by atoms with Gasteiger partial charge < -0.3 is 10.7 Å². The molecule has 0 saturated heterocycles. The van der Waals surface area contributed by atoms with Gasteiger partial charge in [-0.25, -0.2) is 14.4 Å². The molecule has 120 valence electrons. The lowest BCUT2D eigenvalue weighted by atomic mass is 10.1. The Hall–Kier alpha value is -3.06. The van der Waals surface area contributed by atoms with Gasteiger partial charge in [-0.2, -0.15) is 5.10 Å². The number of halogens is 1. The Bertz CT molecular complexity index is 1030. The summed E-state index contributed by atoms with van der Waals surface area (Å²) >= 11 is 0. The third kappa shape index (κ3) is 2.35. The zero-order chi connectivity index (χ0) is 16.7. The van der Waals surface area contributed by atoms with Gasteiger partial charge in [0.25, 0.3) is 0 Å². The second-order valence-electron chi connectivity index (χ2n) is 5.58. The number of benzene rings is 1. The van der Waals surface area contributed by atoms with E-state index in [-0.39, 0.29) is 12.4 Å². The molecular weight excluding hydrogens is 307 g/mol. The molecule has 0 atom stereocenters.